The third kappa shape index (κ3) is 2.32. The average molecular weight is 288 g/mol. The minimum absolute atomic E-state index is 0.165. The fourth-order valence-corrected chi connectivity index (χ4v) is 2.59. The third-order valence-corrected chi connectivity index (χ3v) is 3.73. The lowest BCUT2D eigenvalue weighted by atomic mass is 10.2. The Kier molecular flexibility index (Phi) is 3.07. The lowest BCUT2D eigenvalue weighted by molar-refractivity contribution is 0.0949. The number of hydrogen-bond acceptors (Lipinski definition) is 6. The van der Waals surface area contributed by atoms with Crippen LogP contribution in [0.1, 0.15) is 16.2 Å². The van der Waals surface area contributed by atoms with Gasteiger partial charge in [0.2, 0.25) is 0 Å². The molecule has 1 amide bonds. The van der Waals surface area contributed by atoms with Gasteiger partial charge in [-0.1, -0.05) is 11.3 Å². The standard InChI is InChI=1S/C12H12N6OS/c1-18-6-15-17-10(18)5-14-11(19)7-2-3-8-9(4-7)20-12(13)16-8/h2-4,6H,5H2,1H3,(H2,13,16)(H,14,19). The number of anilines is 1. The summed E-state index contributed by atoms with van der Waals surface area (Å²) < 4.78 is 2.65. The summed E-state index contributed by atoms with van der Waals surface area (Å²) in [5.41, 5.74) is 7.02. The lowest BCUT2D eigenvalue weighted by Crippen LogP contribution is -2.24. The minimum Gasteiger partial charge on any atom is -0.375 e. The number of carbonyl (C=O) groups is 1. The number of nitrogens with two attached hydrogens (primary N) is 1. The van der Waals surface area contributed by atoms with Crippen molar-refractivity contribution >= 4 is 32.6 Å². The Labute approximate surface area is 118 Å². The zero-order valence-electron chi connectivity index (χ0n) is 10.7. The highest BCUT2D eigenvalue weighted by molar-refractivity contribution is 7.22. The summed E-state index contributed by atoms with van der Waals surface area (Å²) in [6.07, 6.45) is 1.59. The first-order valence-electron chi connectivity index (χ1n) is 5.90. The van der Waals surface area contributed by atoms with Gasteiger partial charge in [0.15, 0.2) is 11.0 Å². The topological polar surface area (TPSA) is 98.7 Å². The van der Waals surface area contributed by atoms with E-state index in [-0.39, 0.29) is 5.91 Å². The van der Waals surface area contributed by atoms with Gasteiger partial charge in [0.1, 0.15) is 6.33 Å². The number of amides is 1. The number of nitrogens with one attached hydrogen (secondary N) is 1. The molecule has 0 aliphatic carbocycles. The third-order valence-electron chi connectivity index (χ3n) is 2.88. The van der Waals surface area contributed by atoms with Crippen LogP contribution in [0.15, 0.2) is 24.5 Å². The molecule has 0 aliphatic rings. The molecule has 102 valence electrons. The molecule has 3 N–H and O–H groups in total. The normalized spacial score (nSPS) is 10.8. The number of fused-ring (bicyclic) bond motifs is 1. The van der Waals surface area contributed by atoms with E-state index in [4.69, 9.17) is 5.73 Å². The van der Waals surface area contributed by atoms with Crippen LogP contribution in [0.25, 0.3) is 10.2 Å². The highest BCUT2D eigenvalue weighted by Gasteiger charge is 2.09. The van der Waals surface area contributed by atoms with Crippen LogP contribution in [-0.4, -0.2) is 25.7 Å². The van der Waals surface area contributed by atoms with Crippen molar-refractivity contribution in [2.45, 2.75) is 6.54 Å². The molecular weight excluding hydrogens is 276 g/mol. The van der Waals surface area contributed by atoms with Crippen molar-refractivity contribution in [1.29, 1.82) is 0 Å². The number of carbonyl (C=O) groups excluding carboxylic acids is 1. The molecule has 0 saturated heterocycles. The van der Waals surface area contributed by atoms with Crippen molar-refractivity contribution in [1.82, 2.24) is 25.1 Å². The molecule has 2 aromatic heterocycles. The van der Waals surface area contributed by atoms with E-state index < -0.39 is 0 Å². The molecule has 3 aromatic rings. The number of benzene rings is 1. The van der Waals surface area contributed by atoms with E-state index in [0.717, 1.165) is 10.2 Å². The number of rotatable bonds is 3. The molecule has 0 unspecified atom stereocenters. The van der Waals surface area contributed by atoms with Gasteiger partial charge >= 0.3 is 0 Å². The van der Waals surface area contributed by atoms with Gasteiger partial charge in [-0.2, -0.15) is 0 Å². The van der Waals surface area contributed by atoms with Gasteiger partial charge in [-0.05, 0) is 18.2 Å². The molecule has 0 fully saturated rings. The summed E-state index contributed by atoms with van der Waals surface area (Å²) >= 11 is 1.36. The van der Waals surface area contributed by atoms with Crippen LogP contribution >= 0.6 is 11.3 Å². The van der Waals surface area contributed by atoms with Crippen molar-refractivity contribution in [2.24, 2.45) is 7.05 Å². The van der Waals surface area contributed by atoms with Crippen molar-refractivity contribution in [3.8, 4) is 0 Å². The molecule has 0 bridgehead atoms. The number of thiazole rings is 1. The first-order valence-corrected chi connectivity index (χ1v) is 6.72. The Morgan fingerprint density at radius 1 is 1.50 bits per heavy atom. The van der Waals surface area contributed by atoms with Crippen LogP contribution in [0.4, 0.5) is 5.13 Å². The lowest BCUT2D eigenvalue weighted by Gasteiger charge is -2.04. The van der Waals surface area contributed by atoms with Gasteiger partial charge in [0.05, 0.1) is 16.8 Å². The fraction of sp³-hybridized carbons (Fsp3) is 0.167. The highest BCUT2D eigenvalue weighted by Crippen LogP contribution is 2.24. The second-order valence-electron chi connectivity index (χ2n) is 4.28. The van der Waals surface area contributed by atoms with E-state index in [1.165, 1.54) is 11.3 Å². The quantitative estimate of drug-likeness (QED) is 0.747. The molecule has 0 atom stereocenters. The molecule has 0 aliphatic heterocycles. The van der Waals surface area contributed by atoms with E-state index in [1.807, 2.05) is 7.05 Å². The number of hydrogen-bond donors (Lipinski definition) is 2. The smallest absolute Gasteiger partial charge is 0.251 e. The molecule has 0 radical (unpaired) electrons. The summed E-state index contributed by atoms with van der Waals surface area (Å²) in [4.78, 5) is 16.2. The number of aryl methyl sites for hydroxylation is 1. The Balaban J connectivity index is 1.76. The minimum atomic E-state index is -0.165. The molecule has 0 saturated carbocycles. The zero-order valence-corrected chi connectivity index (χ0v) is 11.5. The summed E-state index contributed by atoms with van der Waals surface area (Å²) in [5, 5.41) is 11.0. The predicted molar refractivity (Wildman–Crippen MR) is 76.2 cm³/mol. The van der Waals surface area contributed by atoms with Crippen LogP contribution in [0.5, 0.6) is 0 Å². The molecule has 0 spiro atoms. The summed E-state index contributed by atoms with van der Waals surface area (Å²) in [6.45, 7) is 0.332. The molecule has 2 heterocycles. The summed E-state index contributed by atoms with van der Waals surface area (Å²) in [5.74, 6) is 0.531. The first-order chi connectivity index (χ1) is 9.63. The van der Waals surface area contributed by atoms with Crippen molar-refractivity contribution < 1.29 is 4.79 Å². The summed E-state index contributed by atoms with van der Waals surface area (Å²) in [6, 6.07) is 5.31. The van der Waals surface area contributed by atoms with Gasteiger partial charge < -0.3 is 15.6 Å². The highest BCUT2D eigenvalue weighted by atomic mass is 32.1. The van der Waals surface area contributed by atoms with E-state index in [2.05, 4.69) is 20.5 Å². The van der Waals surface area contributed by atoms with E-state index in [0.29, 0.717) is 23.1 Å². The van der Waals surface area contributed by atoms with E-state index in [1.54, 1.807) is 29.1 Å². The molecule has 20 heavy (non-hydrogen) atoms. The number of nitrogens with zero attached hydrogens (tertiary/aromatic N) is 4. The Bertz CT molecular complexity index is 777. The largest absolute Gasteiger partial charge is 0.375 e. The van der Waals surface area contributed by atoms with E-state index in [9.17, 15) is 4.79 Å². The number of nitrogen functional groups attached to an aromatic ring is 1. The van der Waals surface area contributed by atoms with Gasteiger partial charge in [-0.15, -0.1) is 10.2 Å². The molecule has 1 aromatic carbocycles. The van der Waals surface area contributed by atoms with Gasteiger partial charge in [-0.25, -0.2) is 4.98 Å². The van der Waals surface area contributed by atoms with Crippen LogP contribution in [0.3, 0.4) is 0 Å². The maximum absolute atomic E-state index is 12.1. The summed E-state index contributed by atoms with van der Waals surface area (Å²) in [7, 11) is 1.83. The van der Waals surface area contributed by atoms with Crippen LogP contribution in [-0.2, 0) is 13.6 Å². The number of aromatic nitrogens is 4. The Hall–Kier alpha value is -2.48. The van der Waals surface area contributed by atoms with Crippen molar-refractivity contribution in [3.63, 3.8) is 0 Å². The van der Waals surface area contributed by atoms with Crippen molar-refractivity contribution in [3.05, 3.63) is 35.9 Å². The molecule has 3 rings (SSSR count). The van der Waals surface area contributed by atoms with Crippen LogP contribution < -0.4 is 11.1 Å². The van der Waals surface area contributed by atoms with Gasteiger partial charge in [0, 0.05) is 12.6 Å². The monoisotopic (exact) mass is 288 g/mol. The second kappa shape index (κ2) is 4.89. The van der Waals surface area contributed by atoms with Gasteiger partial charge in [-0.3, -0.25) is 4.79 Å². The second-order valence-corrected chi connectivity index (χ2v) is 5.34. The van der Waals surface area contributed by atoms with Crippen LogP contribution in [0.2, 0.25) is 0 Å². The molecular formula is C12H12N6OS. The van der Waals surface area contributed by atoms with Crippen molar-refractivity contribution in [2.75, 3.05) is 5.73 Å². The van der Waals surface area contributed by atoms with Crippen LogP contribution in [0, 0.1) is 0 Å². The first kappa shape index (κ1) is 12.5. The maximum atomic E-state index is 12.1. The Morgan fingerprint density at radius 3 is 3.10 bits per heavy atom. The fourth-order valence-electron chi connectivity index (χ4n) is 1.81. The Morgan fingerprint density at radius 2 is 2.35 bits per heavy atom. The zero-order chi connectivity index (χ0) is 14.1. The van der Waals surface area contributed by atoms with Gasteiger partial charge in [0.25, 0.3) is 5.91 Å². The maximum Gasteiger partial charge on any atom is 0.251 e. The average Bonchev–Trinajstić information content (AvgIpc) is 2.99. The van der Waals surface area contributed by atoms with E-state index >= 15 is 0 Å². The molecule has 8 heteroatoms. The molecule has 7 nitrogen and oxygen atoms in total. The SMILES string of the molecule is Cn1cnnc1CNC(=O)c1ccc2nc(N)sc2c1. The predicted octanol–water partition coefficient (Wildman–Crippen LogP) is 0.937.